The first-order chi connectivity index (χ1) is 12.6. The lowest BCUT2D eigenvalue weighted by Crippen LogP contribution is -2.51. The molecule has 2 aliphatic heterocycles. The number of hydrogen-bond acceptors (Lipinski definition) is 6. The molecule has 27 heavy (non-hydrogen) atoms. The molecule has 2 rings (SSSR count). The van der Waals surface area contributed by atoms with Crippen LogP contribution in [0, 0.1) is 5.92 Å². The molecule has 2 aliphatic rings. The monoisotopic (exact) mass is 395 g/mol. The molecule has 2 amide bonds. The zero-order valence-corrected chi connectivity index (χ0v) is 15.1. The second-order valence-corrected chi connectivity index (χ2v) is 6.78. The largest absolute Gasteiger partial charge is 0.467 e. The third-order valence-electron chi connectivity index (χ3n) is 5.11. The second-order valence-electron chi connectivity index (χ2n) is 6.78. The molecule has 0 aliphatic carbocycles. The molecule has 2 heterocycles. The number of hydrogen-bond donors (Lipinski definition) is 3. The van der Waals surface area contributed by atoms with Gasteiger partial charge in [0.2, 0.25) is 11.8 Å². The Morgan fingerprint density at radius 3 is 2.59 bits per heavy atom. The Bertz CT molecular complexity index is 586. The van der Waals surface area contributed by atoms with Gasteiger partial charge in [0.1, 0.15) is 6.04 Å². The molecule has 2 saturated heterocycles. The Kier molecular flexibility index (Phi) is 6.68. The molecule has 0 unspecified atom stereocenters. The topological polar surface area (TPSA) is 106 Å². The predicted octanol–water partition coefficient (Wildman–Crippen LogP) is -0.130. The first-order valence-electron chi connectivity index (χ1n) is 8.64. The van der Waals surface area contributed by atoms with Crippen molar-refractivity contribution in [1.29, 1.82) is 0 Å². The average Bonchev–Trinajstić information content (AvgIpc) is 3.08. The molecule has 2 fully saturated rings. The number of halogens is 3. The summed E-state index contributed by atoms with van der Waals surface area (Å²) in [5, 5.41) is 7.58. The van der Waals surface area contributed by atoms with Gasteiger partial charge in [-0.05, 0) is 19.3 Å². The minimum Gasteiger partial charge on any atom is -0.467 e. The van der Waals surface area contributed by atoms with Gasteiger partial charge in [-0.1, -0.05) is 0 Å². The van der Waals surface area contributed by atoms with Gasteiger partial charge < -0.3 is 25.4 Å². The molecule has 0 aromatic rings. The van der Waals surface area contributed by atoms with E-state index < -0.39 is 54.6 Å². The maximum atomic E-state index is 13.2. The number of rotatable bonds is 6. The van der Waals surface area contributed by atoms with Crippen molar-refractivity contribution in [2.45, 2.75) is 49.5 Å². The Balaban J connectivity index is 2.03. The smallest absolute Gasteiger partial charge is 0.418 e. The van der Waals surface area contributed by atoms with E-state index in [1.165, 1.54) is 0 Å². The van der Waals surface area contributed by atoms with E-state index in [1.54, 1.807) is 0 Å². The van der Waals surface area contributed by atoms with Crippen molar-refractivity contribution in [1.82, 2.24) is 16.0 Å². The molecule has 8 nitrogen and oxygen atoms in total. The van der Waals surface area contributed by atoms with Gasteiger partial charge in [0.05, 0.1) is 13.2 Å². The van der Waals surface area contributed by atoms with Crippen molar-refractivity contribution >= 4 is 17.8 Å². The van der Waals surface area contributed by atoms with Crippen molar-refractivity contribution in [3.63, 3.8) is 0 Å². The van der Waals surface area contributed by atoms with Gasteiger partial charge in [-0.3, -0.25) is 9.59 Å². The SMILES string of the molecule is COC(=O)[C@H](C[C@@H]1CCCNC1=O)NC(=O)[C@@H]1C[C@@](OC)(C(F)(F)F)CN1. The molecule has 154 valence electrons. The minimum absolute atomic E-state index is 0.0195. The number of alkyl halides is 3. The summed E-state index contributed by atoms with van der Waals surface area (Å²) in [6.45, 7) is -0.0217. The summed E-state index contributed by atoms with van der Waals surface area (Å²) in [7, 11) is 2.07. The molecule has 0 aromatic heterocycles. The highest BCUT2D eigenvalue weighted by Crippen LogP contribution is 2.39. The second kappa shape index (κ2) is 8.42. The number of ether oxygens (including phenoxy) is 2. The Hall–Kier alpha value is -1.88. The summed E-state index contributed by atoms with van der Waals surface area (Å²) in [6, 6.07) is -2.31. The first-order valence-corrected chi connectivity index (χ1v) is 8.64. The summed E-state index contributed by atoms with van der Waals surface area (Å²) in [5.74, 6) is -2.23. The van der Waals surface area contributed by atoms with Crippen LogP contribution in [0.25, 0.3) is 0 Å². The number of piperidine rings is 1. The number of carbonyl (C=O) groups is 3. The minimum atomic E-state index is -4.65. The van der Waals surface area contributed by atoms with Crippen LogP contribution in [0.4, 0.5) is 13.2 Å². The van der Waals surface area contributed by atoms with Crippen LogP contribution in [0.3, 0.4) is 0 Å². The van der Waals surface area contributed by atoms with Gasteiger partial charge in [-0.25, -0.2) is 4.79 Å². The van der Waals surface area contributed by atoms with Gasteiger partial charge in [0.15, 0.2) is 5.60 Å². The third-order valence-corrected chi connectivity index (χ3v) is 5.11. The number of nitrogens with one attached hydrogen (secondary N) is 3. The highest BCUT2D eigenvalue weighted by molar-refractivity contribution is 5.88. The van der Waals surface area contributed by atoms with Crippen LogP contribution in [0.1, 0.15) is 25.7 Å². The molecule has 4 atom stereocenters. The maximum absolute atomic E-state index is 13.2. The molecular weight excluding hydrogens is 371 g/mol. The number of amides is 2. The molecule has 11 heteroatoms. The Morgan fingerprint density at radius 1 is 1.37 bits per heavy atom. The van der Waals surface area contributed by atoms with Crippen molar-refractivity contribution in [3.05, 3.63) is 0 Å². The van der Waals surface area contributed by atoms with Gasteiger partial charge in [0, 0.05) is 32.5 Å². The molecular formula is C16H24F3N3O5. The van der Waals surface area contributed by atoms with Crippen molar-refractivity contribution in [2.24, 2.45) is 5.92 Å². The lowest BCUT2D eigenvalue weighted by Gasteiger charge is -2.29. The van der Waals surface area contributed by atoms with E-state index in [0.717, 1.165) is 20.6 Å². The zero-order valence-electron chi connectivity index (χ0n) is 15.1. The number of esters is 1. The van der Waals surface area contributed by atoms with Gasteiger partial charge in [-0.2, -0.15) is 13.2 Å². The molecule has 0 spiro atoms. The summed E-state index contributed by atoms with van der Waals surface area (Å²) in [4.78, 5) is 36.3. The van der Waals surface area contributed by atoms with Gasteiger partial charge >= 0.3 is 12.1 Å². The first kappa shape index (κ1) is 21.4. The van der Waals surface area contributed by atoms with Crippen LogP contribution in [-0.4, -0.2) is 69.0 Å². The fourth-order valence-electron chi connectivity index (χ4n) is 3.41. The van der Waals surface area contributed by atoms with Crippen molar-refractivity contribution in [3.8, 4) is 0 Å². The quantitative estimate of drug-likeness (QED) is 0.541. The highest BCUT2D eigenvalue weighted by atomic mass is 19.4. The fraction of sp³-hybridized carbons (Fsp3) is 0.812. The average molecular weight is 395 g/mol. The predicted molar refractivity (Wildman–Crippen MR) is 86.5 cm³/mol. The van der Waals surface area contributed by atoms with E-state index in [1.807, 2.05) is 0 Å². The lowest BCUT2D eigenvalue weighted by atomic mass is 9.91. The van der Waals surface area contributed by atoms with Crippen LogP contribution in [0.15, 0.2) is 0 Å². The van der Waals surface area contributed by atoms with Gasteiger partial charge in [0.25, 0.3) is 0 Å². The normalized spacial score (nSPS) is 29.7. The molecule has 0 bridgehead atoms. The van der Waals surface area contributed by atoms with E-state index in [-0.39, 0.29) is 12.3 Å². The van der Waals surface area contributed by atoms with E-state index in [4.69, 9.17) is 0 Å². The van der Waals surface area contributed by atoms with E-state index in [9.17, 15) is 27.6 Å². The number of methoxy groups -OCH3 is 2. The molecule has 0 aromatic carbocycles. The third kappa shape index (κ3) is 4.70. The maximum Gasteiger partial charge on any atom is 0.418 e. The van der Waals surface area contributed by atoms with Crippen LogP contribution in [0.5, 0.6) is 0 Å². The number of carbonyl (C=O) groups excluding carboxylic acids is 3. The molecule has 0 radical (unpaired) electrons. The summed E-state index contributed by atoms with van der Waals surface area (Å²) < 4.78 is 49.0. The molecule has 0 saturated carbocycles. The van der Waals surface area contributed by atoms with Crippen LogP contribution >= 0.6 is 0 Å². The summed E-state index contributed by atoms with van der Waals surface area (Å²) in [6.07, 6.45) is -3.95. The van der Waals surface area contributed by atoms with Crippen molar-refractivity contribution < 1.29 is 37.0 Å². The Labute approximate surface area is 154 Å². The van der Waals surface area contributed by atoms with Crippen molar-refractivity contribution in [2.75, 3.05) is 27.3 Å². The van der Waals surface area contributed by atoms with Crippen LogP contribution in [0.2, 0.25) is 0 Å². The zero-order chi connectivity index (χ0) is 20.2. The summed E-state index contributed by atoms with van der Waals surface area (Å²) in [5.41, 5.74) is -2.46. The molecule has 3 N–H and O–H groups in total. The Morgan fingerprint density at radius 2 is 2.07 bits per heavy atom. The highest BCUT2D eigenvalue weighted by Gasteiger charge is 2.60. The lowest BCUT2D eigenvalue weighted by molar-refractivity contribution is -0.261. The van der Waals surface area contributed by atoms with E-state index >= 15 is 0 Å². The summed E-state index contributed by atoms with van der Waals surface area (Å²) >= 11 is 0. The fourth-order valence-corrected chi connectivity index (χ4v) is 3.41. The standard InChI is InChI=1S/C16H24F3N3O5/c1-26-14(25)10(6-9-4-3-5-20-12(9)23)22-13(24)11-7-15(27-2,8-21-11)16(17,18)19/h9-11,21H,3-8H2,1-2H3,(H,20,23)(H,22,24)/t9-,10-,11-,15-/m0/s1. The van der Waals surface area contributed by atoms with Crippen LogP contribution in [-0.2, 0) is 23.9 Å². The van der Waals surface area contributed by atoms with E-state index in [2.05, 4.69) is 25.4 Å². The van der Waals surface area contributed by atoms with Crippen LogP contribution < -0.4 is 16.0 Å². The van der Waals surface area contributed by atoms with E-state index in [0.29, 0.717) is 13.0 Å². The van der Waals surface area contributed by atoms with Gasteiger partial charge in [-0.15, -0.1) is 0 Å².